The maximum absolute atomic E-state index is 13.4. The van der Waals surface area contributed by atoms with Gasteiger partial charge in [0.1, 0.15) is 15.8 Å². The number of nitrogens with one attached hydrogen (secondary N) is 2. The molecule has 0 aliphatic rings. The third-order valence-corrected chi connectivity index (χ3v) is 9.34. The second-order valence-corrected chi connectivity index (χ2v) is 12.9. The molecule has 1 aromatic heterocycles. The predicted octanol–water partition coefficient (Wildman–Crippen LogP) is 6.71. The van der Waals surface area contributed by atoms with Gasteiger partial charge in [-0.15, -0.1) is 24.5 Å². The Kier molecular flexibility index (Phi) is 7.61. The van der Waals surface area contributed by atoms with E-state index in [-0.39, 0.29) is 19.9 Å². The second-order valence-electron chi connectivity index (χ2n) is 7.56. The number of hydrogen-bond donors (Lipinski definition) is 2. The molecule has 3 aromatic carbocycles. The lowest BCUT2D eigenvalue weighted by Crippen LogP contribution is -2.18. The number of thiophene rings is 1. The van der Waals surface area contributed by atoms with Crippen LogP contribution in [0.1, 0.15) is 0 Å². The van der Waals surface area contributed by atoms with Crippen molar-refractivity contribution in [1.29, 1.82) is 0 Å². The van der Waals surface area contributed by atoms with Crippen LogP contribution in [-0.4, -0.2) is 23.2 Å². The Balaban J connectivity index is 1.71. The maximum Gasteiger partial charge on any atom is 0.573 e. The lowest BCUT2D eigenvalue weighted by atomic mass is 10.0. The van der Waals surface area contributed by atoms with E-state index in [1.165, 1.54) is 54.6 Å². The molecule has 2 N–H and O–H groups in total. The molecule has 0 fully saturated rings. The topological polar surface area (TPSA) is 102 Å². The first-order chi connectivity index (χ1) is 17.7. The van der Waals surface area contributed by atoms with Gasteiger partial charge in [-0.05, 0) is 71.8 Å². The molecule has 4 aromatic rings. The average molecular weight is 607 g/mol. The first-order valence-electron chi connectivity index (χ1n) is 10.3. The molecule has 38 heavy (non-hydrogen) atoms. The third kappa shape index (κ3) is 6.75. The number of benzene rings is 3. The summed E-state index contributed by atoms with van der Waals surface area (Å²) in [5.74, 6) is -1.11. The van der Waals surface area contributed by atoms with E-state index in [9.17, 15) is 34.4 Å². The van der Waals surface area contributed by atoms with Gasteiger partial charge in [-0.3, -0.25) is 9.44 Å². The number of alkyl halides is 3. The number of halogens is 5. The van der Waals surface area contributed by atoms with Gasteiger partial charge in [0.2, 0.25) is 0 Å². The predicted molar refractivity (Wildman–Crippen MR) is 136 cm³/mol. The van der Waals surface area contributed by atoms with Crippen LogP contribution in [0.3, 0.4) is 0 Å². The van der Waals surface area contributed by atoms with Gasteiger partial charge >= 0.3 is 6.36 Å². The summed E-state index contributed by atoms with van der Waals surface area (Å²) in [5, 5.41) is 0. The molecule has 200 valence electrons. The molecular weight excluding hydrogens is 592 g/mol. The van der Waals surface area contributed by atoms with Crippen molar-refractivity contribution < 1.29 is 39.1 Å². The molecular formula is C23H15ClF4N2O5S3. The average Bonchev–Trinajstić information content (AvgIpc) is 3.27. The monoisotopic (exact) mass is 606 g/mol. The van der Waals surface area contributed by atoms with Gasteiger partial charge in [0.15, 0.2) is 0 Å². The highest BCUT2D eigenvalue weighted by Crippen LogP contribution is 2.34. The molecule has 0 aliphatic heterocycles. The van der Waals surface area contributed by atoms with Crippen molar-refractivity contribution in [3.63, 3.8) is 0 Å². The quantitative estimate of drug-likeness (QED) is 0.217. The van der Waals surface area contributed by atoms with Crippen LogP contribution < -0.4 is 14.2 Å². The lowest BCUT2D eigenvalue weighted by Gasteiger charge is -2.16. The van der Waals surface area contributed by atoms with Gasteiger partial charge in [-0.1, -0.05) is 29.8 Å². The maximum atomic E-state index is 13.4. The molecule has 0 amide bonds. The van der Waals surface area contributed by atoms with Crippen molar-refractivity contribution in [3.05, 3.63) is 89.0 Å². The van der Waals surface area contributed by atoms with Gasteiger partial charge in [-0.25, -0.2) is 21.2 Å². The van der Waals surface area contributed by atoms with E-state index in [1.807, 2.05) is 0 Å². The molecule has 15 heteroatoms. The van der Waals surface area contributed by atoms with Crippen LogP contribution in [-0.2, 0) is 20.0 Å². The summed E-state index contributed by atoms with van der Waals surface area (Å²) in [6.07, 6.45) is -4.95. The van der Waals surface area contributed by atoms with E-state index in [4.69, 9.17) is 11.6 Å². The zero-order valence-corrected chi connectivity index (χ0v) is 21.9. The Hall–Kier alpha value is -3.33. The van der Waals surface area contributed by atoms with E-state index in [1.54, 1.807) is 0 Å². The van der Waals surface area contributed by atoms with Crippen molar-refractivity contribution in [2.75, 3.05) is 9.44 Å². The van der Waals surface area contributed by atoms with E-state index in [0.29, 0.717) is 11.1 Å². The summed E-state index contributed by atoms with van der Waals surface area (Å²) in [6, 6.07) is 15.5. The minimum absolute atomic E-state index is 0.135. The molecule has 1 heterocycles. The fraction of sp³-hybridized carbons (Fsp3) is 0.0435. The Labute approximate surface area is 223 Å². The van der Waals surface area contributed by atoms with Crippen molar-refractivity contribution in [2.24, 2.45) is 0 Å². The highest BCUT2D eigenvalue weighted by molar-refractivity contribution is 7.94. The number of rotatable bonds is 8. The first-order valence-corrected chi connectivity index (χ1v) is 14.4. The molecule has 0 aliphatic carbocycles. The van der Waals surface area contributed by atoms with Gasteiger partial charge in [0.25, 0.3) is 20.0 Å². The number of hydrogen-bond acceptors (Lipinski definition) is 6. The normalized spacial score (nSPS) is 12.2. The van der Waals surface area contributed by atoms with Gasteiger partial charge < -0.3 is 4.74 Å². The van der Waals surface area contributed by atoms with E-state index < -0.39 is 42.9 Å². The van der Waals surface area contributed by atoms with E-state index in [0.717, 1.165) is 35.6 Å². The zero-order chi connectivity index (χ0) is 27.7. The minimum Gasteiger partial charge on any atom is -0.406 e. The summed E-state index contributed by atoms with van der Waals surface area (Å²) in [7, 11) is -8.58. The SMILES string of the molecule is O=S(=O)(Nc1ccc(-c2ccc(F)cc2)cc1NS(=O)(=O)c1ccc(Cl)s1)c1ccc(OC(F)(F)F)cc1. The van der Waals surface area contributed by atoms with Crippen LogP contribution >= 0.6 is 22.9 Å². The van der Waals surface area contributed by atoms with Crippen LogP contribution in [0.15, 0.2) is 88.0 Å². The number of anilines is 2. The highest BCUT2D eigenvalue weighted by atomic mass is 35.5. The zero-order valence-electron chi connectivity index (χ0n) is 18.7. The highest BCUT2D eigenvalue weighted by Gasteiger charge is 2.31. The van der Waals surface area contributed by atoms with E-state index >= 15 is 0 Å². The molecule has 0 bridgehead atoms. The van der Waals surface area contributed by atoms with Crippen molar-refractivity contribution in [3.8, 4) is 16.9 Å². The van der Waals surface area contributed by atoms with Gasteiger partial charge in [-0.2, -0.15) is 0 Å². The molecule has 4 rings (SSSR count). The summed E-state index contributed by atoms with van der Waals surface area (Å²) in [4.78, 5) is -0.409. The second kappa shape index (κ2) is 10.4. The van der Waals surface area contributed by atoms with Crippen LogP contribution in [0.2, 0.25) is 4.34 Å². The smallest absolute Gasteiger partial charge is 0.406 e. The summed E-state index contributed by atoms with van der Waals surface area (Å²) >= 11 is 6.63. The molecule has 0 saturated carbocycles. The van der Waals surface area contributed by atoms with E-state index in [2.05, 4.69) is 14.2 Å². The summed E-state index contributed by atoms with van der Waals surface area (Å²) in [5.41, 5.74) is 0.596. The summed E-state index contributed by atoms with van der Waals surface area (Å²) < 4.78 is 111. The largest absolute Gasteiger partial charge is 0.573 e. The Morgan fingerprint density at radius 3 is 1.92 bits per heavy atom. The molecule has 0 radical (unpaired) electrons. The Morgan fingerprint density at radius 1 is 0.737 bits per heavy atom. The van der Waals surface area contributed by atoms with Crippen molar-refractivity contribution >= 4 is 54.4 Å². The van der Waals surface area contributed by atoms with Crippen LogP contribution in [0.5, 0.6) is 5.75 Å². The Morgan fingerprint density at radius 2 is 1.34 bits per heavy atom. The first kappa shape index (κ1) is 27.7. The minimum atomic E-state index is -4.95. The molecule has 0 saturated heterocycles. The third-order valence-electron chi connectivity index (χ3n) is 4.87. The van der Waals surface area contributed by atoms with Crippen molar-refractivity contribution in [1.82, 2.24) is 0 Å². The molecule has 0 atom stereocenters. The molecule has 0 spiro atoms. The number of ether oxygens (including phenoxy) is 1. The van der Waals surface area contributed by atoms with Crippen LogP contribution in [0, 0.1) is 5.82 Å². The van der Waals surface area contributed by atoms with Gasteiger partial charge in [0, 0.05) is 0 Å². The Bertz CT molecular complexity index is 1670. The van der Waals surface area contributed by atoms with Crippen LogP contribution in [0.4, 0.5) is 28.9 Å². The summed E-state index contributed by atoms with van der Waals surface area (Å²) in [6.45, 7) is 0. The number of sulfonamides is 2. The molecule has 0 unspecified atom stereocenters. The lowest BCUT2D eigenvalue weighted by molar-refractivity contribution is -0.274. The standard InChI is InChI=1S/C23H15ClF4N2O5S3/c24-21-11-12-22(36-21)38(33,34)30-20-13-15(14-1-4-16(25)5-2-14)3-10-19(20)29-37(31,32)18-8-6-17(7-9-18)35-23(26,27)28/h1-13,29-30H. The molecule has 7 nitrogen and oxygen atoms in total. The van der Waals surface area contributed by atoms with Gasteiger partial charge in [0.05, 0.1) is 20.6 Å². The van der Waals surface area contributed by atoms with Crippen molar-refractivity contribution in [2.45, 2.75) is 15.5 Å². The fourth-order valence-electron chi connectivity index (χ4n) is 3.20. The van der Waals surface area contributed by atoms with Crippen LogP contribution in [0.25, 0.3) is 11.1 Å². The fourth-order valence-corrected chi connectivity index (χ4v) is 6.83.